The van der Waals surface area contributed by atoms with Gasteiger partial charge in [-0.2, -0.15) is 0 Å². The smallest absolute Gasteiger partial charge is 0.237 e. The average Bonchev–Trinajstić information content (AvgIpc) is 2.18. The molecule has 1 amide bonds. The molecule has 1 saturated heterocycles. The Morgan fingerprint density at radius 3 is 2.46 bits per heavy atom. The van der Waals surface area contributed by atoms with E-state index in [0.717, 1.165) is 25.9 Å². The molecule has 1 aliphatic heterocycles. The Bertz CT molecular complexity index is 230. The summed E-state index contributed by atoms with van der Waals surface area (Å²) >= 11 is 0. The maximum absolute atomic E-state index is 11.7. The van der Waals surface area contributed by atoms with Gasteiger partial charge in [0.15, 0.2) is 0 Å². The van der Waals surface area contributed by atoms with Crippen molar-refractivity contribution >= 4 is 5.91 Å². The van der Waals surface area contributed by atoms with E-state index in [9.17, 15) is 4.79 Å². The maximum Gasteiger partial charge on any atom is 0.237 e. The van der Waals surface area contributed by atoms with Crippen LogP contribution >= 0.6 is 0 Å². The molecule has 0 spiro atoms. The Hall–Kier alpha value is -0.970. The fourth-order valence-corrected chi connectivity index (χ4v) is 1.67. The van der Waals surface area contributed by atoms with E-state index in [4.69, 9.17) is 0 Å². The first-order valence-corrected chi connectivity index (χ1v) is 4.96. The molecule has 0 aromatic heterocycles. The number of carbonyl (C=O) groups excluding carboxylic acids is 1. The van der Waals surface area contributed by atoms with Crippen LogP contribution in [0.25, 0.3) is 0 Å². The average molecular weight is 179 g/mol. The lowest BCUT2D eigenvalue weighted by Crippen LogP contribution is -2.38. The number of hydrogen-bond donors (Lipinski definition) is 0. The van der Waals surface area contributed by atoms with Gasteiger partial charge in [-0.05, 0) is 33.1 Å². The van der Waals surface area contributed by atoms with E-state index in [1.165, 1.54) is 6.42 Å². The largest absolute Gasteiger partial charge is 0.342 e. The third kappa shape index (κ3) is 2.77. The van der Waals surface area contributed by atoms with E-state index < -0.39 is 0 Å². The fourth-order valence-electron chi connectivity index (χ4n) is 1.67. The molecule has 0 radical (unpaired) electrons. The number of amides is 1. The van der Waals surface area contributed by atoms with Gasteiger partial charge in [0.1, 0.15) is 0 Å². The molecule has 0 aromatic rings. The first-order valence-electron chi connectivity index (χ1n) is 4.96. The lowest BCUT2D eigenvalue weighted by Gasteiger charge is -2.27. The van der Waals surface area contributed by atoms with Crippen molar-refractivity contribution in [2.75, 3.05) is 13.1 Å². The normalized spacial score (nSPS) is 18.8. The quantitative estimate of drug-likeness (QED) is 0.561. The second kappa shape index (κ2) is 4.91. The molecule has 0 N–H and O–H groups in total. The maximum atomic E-state index is 11.7. The number of rotatable bonds is 1. The van der Waals surface area contributed by atoms with Crippen molar-refractivity contribution in [2.45, 2.75) is 33.1 Å². The van der Waals surface area contributed by atoms with Crippen LogP contribution in [0.5, 0.6) is 0 Å². The van der Waals surface area contributed by atoms with Gasteiger partial charge in [-0.3, -0.25) is 4.79 Å². The SMILES string of the molecule is CC#CC(C)C(=O)N1CCCCC1. The van der Waals surface area contributed by atoms with Gasteiger partial charge in [-0.25, -0.2) is 0 Å². The van der Waals surface area contributed by atoms with Crippen molar-refractivity contribution in [2.24, 2.45) is 5.92 Å². The molecule has 1 fully saturated rings. The molecule has 2 heteroatoms. The molecule has 0 aromatic carbocycles. The number of nitrogens with zero attached hydrogens (tertiary/aromatic N) is 1. The van der Waals surface area contributed by atoms with Crippen LogP contribution in [0, 0.1) is 17.8 Å². The molecule has 0 saturated carbocycles. The second-order valence-electron chi connectivity index (χ2n) is 3.50. The number of carbonyl (C=O) groups is 1. The van der Waals surface area contributed by atoms with Crippen LogP contribution < -0.4 is 0 Å². The predicted molar refractivity (Wildman–Crippen MR) is 53.0 cm³/mol. The Kier molecular flexibility index (Phi) is 3.82. The minimum atomic E-state index is -0.122. The Labute approximate surface area is 80.3 Å². The van der Waals surface area contributed by atoms with Crippen molar-refractivity contribution in [1.29, 1.82) is 0 Å². The zero-order valence-corrected chi connectivity index (χ0v) is 8.47. The van der Waals surface area contributed by atoms with E-state index in [0.29, 0.717) is 0 Å². The van der Waals surface area contributed by atoms with Crippen molar-refractivity contribution in [3.05, 3.63) is 0 Å². The summed E-state index contributed by atoms with van der Waals surface area (Å²) in [6.07, 6.45) is 3.56. The van der Waals surface area contributed by atoms with Gasteiger partial charge in [0.05, 0.1) is 5.92 Å². The summed E-state index contributed by atoms with van der Waals surface area (Å²) in [4.78, 5) is 13.7. The molecule has 1 heterocycles. The highest BCUT2D eigenvalue weighted by Gasteiger charge is 2.20. The molecular weight excluding hydrogens is 162 g/mol. The zero-order chi connectivity index (χ0) is 9.68. The summed E-state index contributed by atoms with van der Waals surface area (Å²) in [7, 11) is 0. The van der Waals surface area contributed by atoms with Gasteiger partial charge in [0.2, 0.25) is 5.91 Å². The number of likely N-dealkylation sites (tertiary alicyclic amines) is 1. The molecular formula is C11H17NO. The molecule has 72 valence electrons. The van der Waals surface area contributed by atoms with Gasteiger partial charge >= 0.3 is 0 Å². The van der Waals surface area contributed by atoms with Crippen molar-refractivity contribution in [3.8, 4) is 11.8 Å². The van der Waals surface area contributed by atoms with Crippen molar-refractivity contribution < 1.29 is 4.79 Å². The van der Waals surface area contributed by atoms with Gasteiger partial charge in [0.25, 0.3) is 0 Å². The first-order chi connectivity index (χ1) is 6.25. The molecule has 0 bridgehead atoms. The van der Waals surface area contributed by atoms with Crippen LogP contribution in [0.3, 0.4) is 0 Å². The van der Waals surface area contributed by atoms with E-state index in [1.807, 2.05) is 11.8 Å². The highest BCUT2D eigenvalue weighted by molar-refractivity contribution is 5.81. The highest BCUT2D eigenvalue weighted by atomic mass is 16.2. The van der Waals surface area contributed by atoms with Crippen LogP contribution in [0.4, 0.5) is 0 Å². The van der Waals surface area contributed by atoms with Crippen LogP contribution in [-0.4, -0.2) is 23.9 Å². The summed E-state index contributed by atoms with van der Waals surface area (Å²) in [5.41, 5.74) is 0. The Morgan fingerprint density at radius 2 is 1.92 bits per heavy atom. The standard InChI is InChI=1S/C11H17NO/c1-3-7-10(2)11(13)12-8-5-4-6-9-12/h10H,4-6,8-9H2,1-2H3. The second-order valence-corrected chi connectivity index (χ2v) is 3.50. The summed E-state index contributed by atoms with van der Waals surface area (Å²) < 4.78 is 0. The number of hydrogen-bond acceptors (Lipinski definition) is 1. The molecule has 0 aliphatic carbocycles. The predicted octanol–water partition coefficient (Wildman–Crippen LogP) is 1.66. The van der Waals surface area contributed by atoms with Crippen LogP contribution in [-0.2, 0) is 4.79 Å². The molecule has 1 unspecified atom stereocenters. The van der Waals surface area contributed by atoms with Crippen LogP contribution in [0.1, 0.15) is 33.1 Å². The lowest BCUT2D eigenvalue weighted by atomic mass is 10.1. The third-order valence-electron chi connectivity index (χ3n) is 2.40. The van der Waals surface area contributed by atoms with Crippen molar-refractivity contribution in [3.63, 3.8) is 0 Å². The van der Waals surface area contributed by atoms with Crippen LogP contribution in [0.2, 0.25) is 0 Å². The summed E-state index contributed by atoms with van der Waals surface area (Å²) in [6.45, 7) is 5.51. The Balaban J connectivity index is 2.48. The monoisotopic (exact) mass is 179 g/mol. The number of piperidine rings is 1. The van der Waals surface area contributed by atoms with Gasteiger partial charge in [-0.1, -0.05) is 5.92 Å². The first kappa shape index (κ1) is 10.1. The van der Waals surface area contributed by atoms with E-state index >= 15 is 0 Å². The topological polar surface area (TPSA) is 20.3 Å². The summed E-state index contributed by atoms with van der Waals surface area (Å²) in [5.74, 6) is 5.77. The molecule has 13 heavy (non-hydrogen) atoms. The zero-order valence-electron chi connectivity index (χ0n) is 8.47. The van der Waals surface area contributed by atoms with E-state index in [-0.39, 0.29) is 11.8 Å². The third-order valence-corrected chi connectivity index (χ3v) is 2.40. The van der Waals surface area contributed by atoms with E-state index in [1.54, 1.807) is 6.92 Å². The Morgan fingerprint density at radius 1 is 1.31 bits per heavy atom. The fraction of sp³-hybridized carbons (Fsp3) is 0.727. The van der Waals surface area contributed by atoms with Gasteiger partial charge in [0, 0.05) is 13.1 Å². The summed E-state index contributed by atoms with van der Waals surface area (Å²) in [5, 5.41) is 0. The molecule has 1 atom stereocenters. The van der Waals surface area contributed by atoms with Gasteiger partial charge < -0.3 is 4.90 Å². The summed E-state index contributed by atoms with van der Waals surface area (Å²) in [6, 6.07) is 0. The minimum Gasteiger partial charge on any atom is -0.342 e. The molecule has 2 nitrogen and oxygen atoms in total. The highest BCUT2D eigenvalue weighted by Crippen LogP contribution is 2.11. The van der Waals surface area contributed by atoms with Gasteiger partial charge in [-0.15, -0.1) is 5.92 Å². The van der Waals surface area contributed by atoms with E-state index in [2.05, 4.69) is 11.8 Å². The molecule has 1 aliphatic rings. The molecule has 1 rings (SSSR count). The minimum absolute atomic E-state index is 0.122. The van der Waals surface area contributed by atoms with Crippen LogP contribution in [0.15, 0.2) is 0 Å². The van der Waals surface area contributed by atoms with Crippen molar-refractivity contribution in [1.82, 2.24) is 4.90 Å². The lowest BCUT2D eigenvalue weighted by molar-refractivity contribution is -0.134.